The van der Waals surface area contributed by atoms with Crippen LogP contribution in [-0.4, -0.2) is 12.5 Å². The molecule has 0 aromatic heterocycles. The van der Waals surface area contributed by atoms with E-state index in [2.05, 4.69) is 37.5 Å². The Morgan fingerprint density at radius 3 is 2.72 bits per heavy atom. The summed E-state index contributed by atoms with van der Waals surface area (Å²) in [6, 6.07) is 3.90. The molecule has 1 aromatic rings. The number of nitrogens with one attached hydrogen (secondary N) is 2. The Labute approximate surface area is 108 Å². The summed E-state index contributed by atoms with van der Waals surface area (Å²) in [6.45, 7) is 7.39. The van der Waals surface area contributed by atoms with Crippen LogP contribution in [0, 0.1) is 5.41 Å². The van der Waals surface area contributed by atoms with E-state index in [0.717, 1.165) is 29.9 Å². The van der Waals surface area contributed by atoms with Gasteiger partial charge in [-0.05, 0) is 29.5 Å². The van der Waals surface area contributed by atoms with Gasteiger partial charge < -0.3 is 16.4 Å². The maximum Gasteiger partial charge on any atom is 0.224 e. The van der Waals surface area contributed by atoms with Gasteiger partial charge in [0, 0.05) is 18.7 Å². The molecular formula is C14H21N3O. The lowest BCUT2D eigenvalue weighted by Gasteiger charge is -2.23. The SMILES string of the molecule is CC(C)(C)CNc1cc2c(cc1N)NC(=O)CC2. The van der Waals surface area contributed by atoms with Crippen LogP contribution in [0.3, 0.4) is 0 Å². The van der Waals surface area contributed by atoms with E-state index >= 15 is 0 Å². The average Bonchev–Trinajstić information content (AvgIpc) is 2.25. The van der Waals surface area contributed by atoms with Crippen molar-refractivity contribution in [2.45, 2.75) is 33.6 Å². The van der Waals surface area contributed by atoms with Crippen LogP contribution in [0.4, 0.5) is 17.1 Å². The number of carbonyl (C=O) groups excluding carboxylic acids is 1. The minimum Gasteiger partial charge on any atom is -0.397 e. The van der Waals surface area contributed by atoms with E-state index in [1.54, 1.807) is 0 Å². The fraction of sp³-hybridized carbons (Fsp3) is 0.500. The number of hydrogen-bond donors (Lipinski definition) is 3. The predicted octanol–water partition coefficient (Wildman–Crippen LogP) is 2.61. The first-order valence-corrected chi connectivity index (χ1v) is 6.31. The van der Waals surface area contributed by atoms with Gasteiger partial charge in [-0.2, -0.15) is 0 Å². The monoisotopic (exact) mass is 247 g/mol. The Morgan fingerprint density at radius 2 is 2.06 bits per heavy atom. The van der Waals surface area contributed by atoms with Gasteiger partial charge in [0.05, 0.1) is 11.4 Å². The van der Waals surface area contributed by atoms with E-state index < -0.39 is 0 Å². The maximum atomic E-state index is 11.3. The number of amides is 1. The Hall–Kier alpha value is -1.71. The molecule has 1 amide bonds. The zero-order valence-corrected chi connectivity index (χ0v) is 11.3. The quantitative estimate of drug-likeness (QED) is 0.704. The molecule has 2 rings (SSSR count). The number of carbonyl (C=O) groups is 1. The number of anilines is 3. The smallest absolute Gasteiger partial charge is 0.224 e. The van der Waals surface area contributed by atoms with Crippen LogP contribution in [0.2, 0.25) is 0 Å². The first-order chi connectivity index (χ1) is 8.35. The molecule has 0 fully saturated rings. The summed E-state index contributed by atoms with van der Waals surface area (Å²) in [5.41, 5.74) is 9.85. The van der Waals surface area contributed by atoms with E-state index in [1.165, 1.54) is 0 Å². The first-order valence-electron chi connectivity index (χ1n) is 6.31. The normalized spacial score (nSPS) is 14.9. The van der Waals surface area contributed by atoms with E-state index in [0.29, 0.717) is 12.1 Å². The molecule has 0 aliphatic carbocycles. The van der Waals surface area contributed by atoms with Crippen LogP contribution in [-0.2, 0) is 11.2 Å². The highest BCUT2D eigenvalue weighted by atomic mass is 16.1. The Morgan fingerprint density at radius 1 is 1.33 bits per heavy atom. The Bertz CT molecular complexity index is 475. The van der Waals surface area contributed by atoms with Crippen molar-refractivity contribution in [1.29, 1.82) is 0 Å². The lowest BCUT2D eigenvalue weighted by molar-refractivity contribution is -0.116. The van der Waals surface area contributed by atoms with Gasteiger partial charge in [-0.25, -0.2) is 0 Å². The molecule has 98 valence electrons. The summed E-state index contributed by atoms with van der Waals surface area (Å²) in [4.78, 5) is 11.3. The molecule has 0 saturated heterocycles. The van der Waals surface area contributed by atoms with Crippen LogP contribution in [0.1, 0.15) is 32.8 Å². The summed E-state index contributed by atoms with van der Waals surface area (Å²) >= 11 is 0. The second-order valence-corrected chi connectivity index (χ2v) is 6.06. The van der Waals surface area contributed by atoms with Crippen molar-refractivity contribution in [1.82, 2.24) is 0 Å². The molecular weight excluding hydrogens is 226 g/mol. The van der Waals surface area contributed by atoms with Crippen LogP contribution < -0.4 is 16.4 Å². The number of rotatable bonds is 2. The van der Waals surface area contributed by atoms with E-state index in [9.17, 15) is 4.79 Å². The molecule has 4 heteroatoms. The lowest BCUT2D eigenvalue weighted by Crippen LogP contribution is -2.21. The molecule has 18 heavy (non-hydrogen) atoms. The molecule has 0 radical (unpaired) electrons. The zero-order chi connectivity index (χ0) is 13.3. The number of fused-ring (bicyclic) bond motifs is 1. The van der Waals surface area contributed by atoms with Crippen LogP contribution in [0.5, 0.6) is 0 Å². The summed E-state index contributed by atoms with van der Waals surface area (Å²) in [6.07, 6.45) is 1.33. The molecule has 1 aromatic carbocycles. The third kappa shape index (κ3) is 2.94. The van der Waals surface area contributed by atoms with E-state index in [1.807, 2.05) is 6.07 Å². The van der Waals surface area contributed by atoms with Gasteiger partial charge in [0.1, 0.15) is 0 Å². The van der Waals surface area contributed by atoms with Crippen molar-refractivity contribution in [2.24, 2.45) is 5.41 Å². The molecule has 4 nitrogen and oxygen atoms in total. The number of benzene rings is 1. The molecule has 0 bridgehead atoms. The van der Waals surface area contributed by atoms with Gasteiger partial charge in [-0.3, -0.25) is 4.79 Å². The highest BCUT2D eigenvalue weighted by molar-refractivity contribution is 5.95. The van der Waals surface area contributed by atoms with Crippen molar-refractivity contribution in [3.8, 4) is 0 Å². The third-order valence-corrected chi connectivity index (χ3v) is 2.98. The predicted molar refractivity (Wildman–Crippen MR) is 75.7 cm³/mol. The minimum atomic E-state index is 0.0669. The molecule has 1 heterocycles. The number of nitrogens with two attached hydrogens (primary N) is 1. The third-order valence-electron chi connectivity index (χ3n) is 2.98. The average molecular weight is 247 g/mol. The number of nitrogen functional groups attached to an aromatic ring is 1. The first kappa shape index (κ1) is 12.7. The van der Waals surface area contributed by atoms with Gasteiger partial charge in [-0.15, -0.1) is 0 Å². The Balaban J connectivity index is 2.20. The fourth-order valence-electron chi connectivity index (χ4n) is 1.96. The van der Waals surface area contributed by atoms with Crippen LogP contribution in [0.25, 0.3) is 0 Å². The van der Waals surface area contributed by atoms with Crippen LogP contribution >= 0.6 is 0 Å². The summed E-state index contributed by atoms with van der Waals surface area (Å²) in [7, 11) is 0. The van der Waals surface area contributed by atoms with Gasteiger partial charge in [0.2, 0.25) is 5.91 Å². The molecule has 0 unspecified atom stereocenters. The van der Waals surface area contributed by atoms with Gasteiger partial charge in [0.25, 0.3) is 0 Å². The van der Waals surface area contributed by atoms with Gasteiger partial charge in [-0.1, -0.05) is 20.8 Å². The molecule has 0 spiro atoms. The topological polar surface area (TPSA) is 67.2 Å². The van der Waals surface area contributed by atoms with E-state index in [-0.39, 0.29) is 11.3 Å². The number of hydrogen-bond acceptors (Lipinski definition) is 3. The van der Waals surface area contributed by atoms with Crippen molar-refractivity contribution in [3.63, 3.8) is 0 Å². The van der Waals surface area contributed by atoms with Crippen molar-refractivity contribution in [3.05, 3.63) is 17.7 Å². The zero-order valence-electron chi connectivity index (χ0n) is 11.3. The summed E-state index contributed by atoms with van der Waals surface area (Å²) in [5, 5.41) is 6.23. The minimum absolute atomic E-state index is 0.0669. The molecule has 1 aliphatic heterocycles. The number of aryl methyl sites for hydroxylation is 1. The second kappa shape index (κ2) is 4.52. The lowest BCUT2D eigenvalue weighted by atomic mass is 9.96. The molecule has 0 atom stereocenters. The molecule has 0 saturated carbocycles. The van der Waals surface area contributed by atoms with Crippen molar-refractivity contribution in [2.75, 3.05) is 22.9 Å². The van der Waals surface area contributed by atoms with Crippen molar-refractivity contribution < 1.29 is 4.79 Å². The molecule has 4 N–H and O–H groups in total. The standard InChI is InChI=1S/C14H21N3O/c1-14(2,3)8-16-12-6-9-4-5-13(18)17-11(9)7-10(12)15/h6-7,16H,4-5,8,15H2,1-3H3,(H,17,18). The Kier molecular flexibility index (Phi) is 3.20. The largest absolute Gasteiger partial charge is 0.397 e. The fourth-order valence-corrected chi connectivity index (χ4v) is 1.96. The molecule has 1 aliphatic rings. The van der Waals surface area contributed by atoms with Crippen LogP contribution in [0.15, 0.2) is 12.1 Å². The van der Waals surface area contributed by atoms with Gasteiger partial charge >= 0.3 is 0 Å². The van der Waals surface area contributed by atoms with Gasteiger partial charge in [0.15, 0.2) is 0 Å². The maximum absolute atomic E-state index is 11.3. The summed E-state index contributed by atoms with van der Waals surface area (Å²) in [5.74, 6) is 0.0669. The highest BCUT2D eigenvalue weighted by Gasteiger charge is 2.17. The van der Waals surface area contributed by atoms with E-state index in [4.69, 9.17) is 5.73 Å². The summed E-state index contributed by atoms with van der Waals surface area (Å²) < 4.78 is 0. The highest BCUT2D eigenvalue weighted by Crippen LogP contribution is 2.31. The second-order valence-electron chi connectivity index (χ2n) is 6.06. The van der Waals surface area contributed by atoms with Crippen molar-refractivity contribution >= 4 is 23.0 Å².